The molecule has 1 heterocycles. The standard InChI is InChI=1S/C28H30FN5O3/c1-4-36-19-13-21(25(29)24(14-19)37-16(2)3)26(33-18-11-9-17(10-12-18)27(30)31)28-32-15-22(34-28)20-7-5-6-8-23(20)35/h5-16,26,33,35H,4H2,1-3H3,(H3,30,31)(H,32,34). The van der Waals surface area contributed by atoms with Crippen molar-refractivity contribution in [2.45, 2.75) is 32.9 Å². The first-order chi connectivity index (χ1) is 17.8. The van der Waals surface area contributed by atoms with Crippen LogP contribution in [0, 0.1) is 11.2 Å². The summed E-state index contributed by atoms with van der Waals surface area (Å²) >= 11 is 0. The number of halogens is 1. The van der Waals surface area contributed by atoms with Crippen molar-refractivity contribution >= 4 is 11.5 Å². The van der Waals surface area contributed by atoms with Crippen LogP contribution in [0.3, 0.4) is 0 Å². The van der Waals surface area contributed by atoms with E-state index in [2.05, 4.69) is 15.3 Å². The van der Waals surface area contributed by atoms with E-state index in [9.17, 15) is 5.11 Å². The van der Waals surface area contributed by atoms with Gasteiger partial charge in [-0.25, -0.2) is 9.37 Å². The fourth-order valence-corrected chi connectivity index (χ4v) is 3.91. The number of phenols is 1. The van der Waals surface area contributed by atoms with Crippen molar-refractivity contribution in [1.82, 2.24) is 9.97 Å². The zero-order valence-corrected chi connectivity index (χ0v) is 20.9. The molecule has 3 aromatic carbocycles. The molecule has 37 heavy (non-hydrogen) atoms. The van der Waals surface area contributed by atoms with Crippen molar-refractivity contribution in [3.05, 3.63) is 89.6 Å². The summed E-state index contributed by atoms with van der Waals surface area (Å²) < 4.78 is 27.4. The number of amidine groups is 1. The third-order valence-corrected chi connectivity index (χ3v) is 5.58. The van der Waals surface area contributed by atoms with Gasteiger partial charge in [0.2, 0.25) is 0 Å². The molecule has 8 nitrogen and oxygen atoms in total. The first-order valence-electron chi connectivity index (χ1n) is 11.9. The van der Waals surface area contributed by atoms with Crippen molar-refractivity contribution in [2.24, 2.45) is 5.73 Å². The molecule has 9 heteroatoms. The Kier molecular flexibility index (Phi) is 7.62. The average molecular weight is 504 g/mol. The second-order valence-electron chi connectivity index (χ2n) is 8.68. The highest BCUT2D eigenvalue weighted by Gasteiger charge is 2.26. The fourth-order valence-electron chi connectivity index (χ4n) is 3.91. The van der Waals surface area contributed by atoms with Crippen LogP contribution < -0.4 is 20.5 Å². The first kappa shape index (κ1) is 25.6. The molecular weight excluding hydrogens is 473 g/mol. The number of hydrogen-bond donors (Lipinski definition) is 5. The van der Waals surface area contributed by atoms with Crippen LogP contribution in [-0.2, 0) is 0 Å². The van der Waals surface area contributed by atoms with E-state index in [0.29, 0.717) is 40.7 Å². The van der Waals surface area contributed by atoms with Gasteiger partial charge in [0.25, 0.3) is 0 Å². The molecule has 4 aromatic rings. The number of nitrogens with two attached hydrogens (primary N) is 1. The summed E-state index contributed by atoms with van der Waals surface area (Å²) in [6.07, 6.45) is 1.41. The highest BCUT2D eigenvalue weighted by molar-refractivity contribution is 5.95. The number of ether oxygens (including phenoxy) is 2. The number of benzene rings is 3. The van der Waals surface area contributed by atoms with E-state index >= 15 is 4.39 Å². The smallest absolute Gasteiger partial charge is 0.171 e. The summed E-state index contributed by atoms with van der Waals surface area (Å²) in [6.45, 7) is 5.90. The third-order valence-electron chi connectivity index (χ3n) is 5.58. The van der Waals surface area contributed by atoms with E-state index in [1.54, 1.807) is 60.8 Å². The quantitative estimate of drug-likeness (QED) is 0.142. The lowest BCUT2D eigenvalue weighted by Gasteiger charge is -2.22. The van der Waals surface area contributed by atoms with Gasteiger partial charge in [-0.3, -0.25) is 5.41 Å². The summed E-state index contributed by atoms with van der Waals surface area (Å²) in [5.41, 5.74) is 8.12. The maximum atomic E-state index is 15.9. The number of hydrogen-bond acceptors (Lipinski definition) is 6. The van der Waals surface area contributed by atoms with Gasteiger partial charge in [-0.05, 0) is 63.2 Å². The lowest BCUT2D eigenvalue weighted by molar-refractivity contribution is 0.228. The van der Waals surface area contributed by atoms with Gasteiger partial charge in [-0.15, -0.1) is 0 Å². The Labute approximate surface area is 214 Å². The number of rotatable bonds is 10. The van der Waals surface area contributed by atoms with Crippen LogP contribution in [0.4, 0.5) is 10.1 Å². The predicted molar refractivity (Wildman–Crippen MR) is 142 cm³/mol. The zero-order valence-electron chi connectivity index (χ0n) is 20.9. The number of phenolic OH excluding ortho intramolecular Hbond substituents is 1. The molecule has 1 unspecified atom stereocenters. The zero-order chi connectivity index (χ0) is 26.5. The molecule has 0 aliphatic rings. The summed E-state index contributed by atoms with van der Waals surface area (Å²) in [5.74, 6) is 0.435. The second kappa shape index (κ2) is 11.0. The Bertz CT molecular complexity index is 1390. The lowest BCUT2D eigenvalue weighted by Crippen LogP contribution is -2.18. The van der Waals surface area contributed by atoms with Crippen molar-refractivity contribution in [3.63, 3.8) is 0 Å². The SMILES string of the molecule is CCOc1cc(OC(C)C)c(F)c(C(Nc2ccc(C(=N)N)cc2)c2nc(-c3ccccc3O)c[nH]2)c1. The number of H-pyrrole nitrogens is 1. The number of imidazole rings is 1. The minimum atomic E-state index is -0.780. The summed E-state index contributed by atoms with van der Waals surface area (Å²) in [5, 5.41) is 21.3. The summed E-state index contributed by atoms with van der Waals surface area (Å²) in [4.78, 5) is 7.82. The van der Waals surface area contributed by atoms with Gasteiger partial charge in [0.05, 0.1) is 18.4 Å². The number of para-hydroxylation sites is 1. The fraction of sp³-hybridized carbons (Fsp3) is 0.214. The van der Waals surface area contributed by atoms with Crippen molar-refractivity contribution in [3.8, 4) is 28.5 Å². The minimum Gasteiger partial charge on any atom is -0.507 e. The Balaban J connectivity index is 1.83. The summed E-state index contributed by atoms with van der Waals surface area (Å²) in [7, 11) is 0. The molecule has 0 amide bonds. The van der Waals surface area contributed by atoms with Crippen LogP contribution in [0.2, 0.25) is 0 Å². The molecule has 1 atom stereocenters. The van der Waals surface area contributed by atoms with Crippen LogP contribution in [0.1, 0.15) is 43.8 Å². The molecule has 0 saturated heterocycles. The van der Waals surface area contributed by atoms with Crippen LogP contribution in [0.5, 0.6) is 17.2 Å². The molecule has 192 valence electrons. The number of aromatic nitrogens is 2. The van der Waals surface area contributed by atoms with Crippen LogP contribution >= 0.6 is 0 Å². The van der Waals surface area contributed by atoms with Crippen LogP contribution in [0.25, 0.3) is 11.3 Å². The van der Waals surface area contributed by atoms with Gasteiger partial charge in [0.15, 0.2) is 11.6 Å². The number of aromatic hydroxyl groups is 1. The Morgan fingerprint density at radius 2 is 1.89 bits per heavy atom. The summed E-state index contributed by atoms with van der Waals surface area (Å²) in [6, 6.07) is 16.2. The third kappa shape index (κ3) is 5.83. The first-order valence-corrected chi connectivity index (χ1v) is 11.9. The molecule has 1 aromatic heterocycles. The van der Waals surface area contributed by atoms with Gasteiger partial charge in [0, 0.05) is 34.6 Å². The number of nitrogen functional groups attached to an aromatic ring is 1. The molecule has 0 bridgehead atoms. The van der Waals surface area contributed by atoms with E-state index < -0.39 is 11.9 Å². The van der Waals surface area contributed by atoms with Crippen LogP contribution in [-0.4, -0.2) is 33.6 Å². The van der Waals surface area contributed by atoms with Gasteiger partial charge in [0.1, 0.15) is 29.2 Å². The largest absolute Gasteiger partial charge is 0.507 e. The van der Waals surface area contributed by atoms with Crippen molar-refractivity contribution in [2.75, 3.05) is 11.9 Å². The van der Waals surface area contributed by atoms with Gasteiger partial charge in [-0.1, -0.05) is 12.1 Å². The molecule has 0 spiro atoms. The maximum Gasteiger partial charge on any atom is 0.171 e. The number of nitrogens with one attached hydrogen (secondary N) is 3. The highest BCUT2D eigenvalue weighted by atomic mass is 19.1. The number of anilines is 1. The van der Waals surface area contributed by atoms with Crippen molar-refractivity contribution < 1.29 is 19.0 Å². The minimum absolute atomic E-state index is 0.0487. The Hall–Kier alpha value is -4.53. The molecular formula is C28H30FN5O3. The monoisotopic (exact) mass is 503 g/mol. The van der Waals surface area contributed by atoms with E-state index in [-0.39, 0.29) is 29.0 Å². The van der Waals surface area contributed by atoms with Gasteiger partial charge >= 0.3 is 0 Å². The normalized spacial score (nSPS) is 11.8. The molecule has 0 radical (unpaired) electrons. The molecule has 0 saturated carbocycles. The van der Waals surface area contributed by atoms with E-state index in [1.165, 1.54) is 6.07 Å². The van der Waals surface area contributed by atoms with Gasteiger partial charge in [-0.2, -0.15) is 0 Å². The maximum absolute atomic E-state index is 15.9. The topological polar surface area (TPSA) is 129 Å². The predicted octanol–water partition coefficient (Wildman–Crippen LogP) is 5.59. The highest BCUT2D eigenvalue weighted by Crippen LogP contribution is 2.37. The molecule has 0 aliphatic heterocycles. The average Bonchev–Trinajstić information content (AvgIpc) is 3.35. The van der Waals surface area contributed by atoms with Gasteiger partial charge < -0.3 is 30.6 Å². The van der Waals surface area contributed by atoms with E-state index in [0.717, 1.165) is 0 Å². The number of aromatic amines is 1. The number of nitrogens with zero attached hydrogens (tertiary/aromatic N) is 1. The molecule has 0 fully saturated rings. The van der Waals surface area contributed by atoms with Crippen molar-refractivity contribution in [1.29, 1.82) is 5.41 Å². The van der Waals surface area contributed by atoms with Crippen LogP contribution in [0.15, 0.2) is 66.9 Å². The second-order valence-corrected chi connectivity index (χ2v) is 8.68. The van der Waals surface area contributed by atoms with E-state index in [1.807, 2.05) is 20.8 Å². The Morgan fingerprint density at radius 1 is 1.16 bits per heavy atom. The lowest BCUT2D eigenvalue weighted by atomic mass is 10.0. The Morgan fingerprint density at radius 3 is 2.54 bits per heavy atom. The molecule has 6 N–H and O–H groups in total. The molecule has 0 aliphatic carbocycles. The van der Waals surface area contributed by atoms with E-state index in [4.69, 9.17) is 20.6 Å². The molecule has 4 rings (SSSR count).